The van der Waals surface area contributed by atoms with Gasteiger partial charge < -0.3 is 19.9 Å². The molecule has 1 amide bonds. The third kappa shape index (κ3) is 4.66. The van der Waals surface area contributed by atoms with Gasteiger partial charge in [0.25, 0.3) is 5.91 Å². The number of benzene rings is 1. The minimum Gasteiger partial charge on any atom is -0.497 e. The number of amides is 1. The van der Waals surface area contributed by atoms with E-state index in [0.717, 1.165) is 0 Å². The molecule has 0 fully saturated rings. The maximum atomic E-state index is 12.1. The highest BCUT2D eigenvalue weighted by atomic mass is 16.5. The van der Waals surface area contributed by atoms with Crippen LogP contribution in [0.1, 0.15) is 30.6 Å². The van der Waals surface area contributed by atoms with Crippen LogP contribution in [0, 0.1) is 5.41 Å². The van der Waals surface area contributed by atoms with Gasteiger partial charge in [0.15, 0.2) is 0 Å². The fourth-order valence-electron chi connectivity index (χ4n) is 1.64. The van der Waals surface area contributed by atoms with Crippen LogP contribution in [0.5, 0.6) is 11.5 Å². The van der Waals surface area contributed by atoms with Crippen LogP contribution < -0.4 is 14.8 Å². The topological polar surface area (TPSA) is 84.9 Å². The fraction of sp³-hybridized carbons (Fsp3) is 0.467. The molecule has 1 aromatic carbocycles. The standard InChI is InChI=1S/C15H21NO5/c1-15(2,14(18)19)5-6-16-13(17)10-7-11(20-3)9-12(8-10)21-4/h7-9H,5-6H2,1-4H3,(H,16,17)(H,18,19). The number of carbonyl (C=O) groups is 2. The van der Waals surface area contributed by atoms with Gasteiger partial charge in [-0.2, -0.15) is 0 Å². The van der Waals surface area contributed by atoms with Crippen molar-refractivity contribution in [2.24, 2.45) is 5.41 Å². The zero-order valence-corrected chi connectivity index (χ0v) is 12.7. The van der Waals surface area contributed by atoms with Crippen molar-refractivity contribution in [2.75, 3.05) is 20.8 Å². The van der Waals surface area contributed by atoms with E-state index in [1.165, 1.54) is 14.2 Å². The molecule has 0 saturated carbocycles. The summed E-state index contributed by atoms with van der Waals surface area (Å²) >= 11 is 0. The van der Waals surface area contributed by atoms with Crippen molar-refractivity contribution in [2.45, 2.75) is 20.3 Å². The molecule has 6 heteroatoms. The van der Waals surface area contributed by atoms with Crippen molar-refractivity contribution < 1.29 is 24.2 Å². The summed E-state index contributed by atoms with van der Waals surface area (Å²) in [7, 11) is 3.01. The van der Waals surface area contributed by atoms with Gasteiger partial charge >= 0.3 is 5.97 Å². The normalized spacial score (nSPS) is 10.9. The highest BCUT2D eigenvalue weighted by molar-refractivity contribution is 5.95. The predicted molar refractivity (Wildman–Crippen MR) is 77.9 cm³/mol. The predicted octanol–water partition coefficient (Wildman–Crippen LogP) is 1.93. The van der Waals surface area contributed by atoms with Gasteiger partial charge in [0.2, 0.25) is 0 Å². The summed E-state index contributed by atoms with van der Waals surface area (Å²) in [6, 6.07) is 4.87. The lowest BCUT2D eigenvalue weighted by atomic mass is 9.90. The van der Waals surface area contributed by atoms with Crippen LogP contribution >= 0.6 is 0 Å². The Hall–Kier alpha value is -2.24. The fourth-order valence-corrected chi connectivity index (χ4v) is 1.64. The van der Waals surface area contributed by atoms with Crippen LogP contribution in [0.2, 0.25) is 0 Å². The highest BCUT2D eigenvalue weighted by Crippen LogP contribution is 2.23. The average Bonchev–Trinajstić information content (AvgIpc) is 2.46. The molecule has 0 radical (unpaired) electrons. The molecular formula is C15H21NO5. The highest BCUT2D eigenvalue weighted by Gasteiger charge is 2.26. The van der Waals surface area contributed by atoms with Crippen molar-refractivity contribution in [3.8, 4) is 11.5 Å². The molecule has 0 aliphatic carbocycles. The van der Waals surface area contributed by atoms with Gasteiger partial charge in [0, 0.05) is 18.2 Å². The lowest BCUT2D eigenvalue weighted by molar-refractivity contribution is -0.147. The van der Waals surface area contributed by atoms with Crippen LogP contribution in [-0.2, 0) is 4.79 Å². The third-order valence-corrected chi connectivity index (χ3v) is 3.23. The third-order valence-electron chi connectivity index (χ3n) is 3.23. The first-order valence-electron chi connectivity index (χ1n) is 6.55. The monoisotopic (exact) mass is 295 g/mol. The minimum atomic E-state index is -0.889. The average molecular weight is 295 g/mol. The van der Waals surface area contributed by atoms with Gasteiger partial charge in [-0.25, -0.2) is 0 Å². The number of rotatable bonds is 7. The Kier molecular flexibility index (Phi) is 5.58. The SMILES string of the molecule is COc1cc(OC)cc(C(=O)NCCC(C)(C)C(=O)O)c1. The Morgan fingerprint density at radius 1 is 1.14 bits per heavy atom. The van der Waals surface area contributed by atoms with Crippen LogP contribution in [-0.4, -0.2) is 37.7 Å². The molecule has 2 N–H and O–H groups in total. The molecular weight excluding hydrogens is 274 g/mol. The zero-order chi connectivity index (χ0) is 16.0. The Morgan fingerprint density at radius 2 is 1.67 bits per heavy atom. The van der Waals surface area contributed by atoms with Crippen molar-refractivity contribution in [1.82, 2.24) is 5.32 Å². The van der Waals surface area contributed by atoms with E-state index >= 15 is 0 Å². The molecule has 0 unspecified atom stereocenters. The van der Waals surface area contributed by atoms with Gasteiger partial charge in [-0.05, 0) is 32.4 Å². The van der Waals surface area contributed by atoms with Crippen LogP contribution in [0.15, 0.2) is 18.2 Å². The number of carboxylic acids is 1. The molecule has 0 aliphatic heterocycles. The Morgan fingerprint density at radius 3 is 2.10 bits per heavy atom. The number of hydrogen-bond acceptors (Lipinski definition) is 4. The lowest BCUT2D eigenvalue weighted by Crippen LogP contribution is -2.31. The summed E-state index contributed by atoms with van der Waals surface area (Å²) in [6.07, 6.45) is 0.342. The molecule has 21 heavy (non-hydrogen) atoms. The second-order valence-electron chi connectivity index (χ2n) is 5.30. The number of carbonyl (C=O) groups excluding carboxylic acids is 1. The summed E-state index contributed by atoms with van der Waals surface area (Å²) in [6.45, 7) is 3.52. The molecule has 0 atom stereocenters. The molecule has 116 valence electrons. The largest absolute Gasteiger partial charge is 0.497 e. The van der Waals surface area contributed by atoms with E-state index in [2.05, 4.69) is 5.32 Å². The summed E-state index contributed by atoms with van der Waals surface area (Å²) < 4.78 is 10.2. The second kappa shape index (κ2) is 6.97. The van der Waals surface area contributed by atoms with Crippen molar-refractivity contribution in [3.05, 3.63) is 23.8 Å². The molecule has 0 saturated heterocycles. The second-order valence-corrected chi connectivity index (χ2v) is 5.30. The first-order chi connectivity index (χ1) is 9.80. The molecule has 1 aromatic rings. The van der Waals surface area contributed by atoms with Crippen molar-refractivity contribution >= 4 is 11.9 Å². The van der Waals surface area contributed by atoms with E-state index in [-0.39, 0.29) is 12.5 Å². The van der Waals surface area contributed by atoms with Gasteiger partial charge in [-0.1, -0.05) is 0 Å². The van der Waals surface area contributed by atoms with Gasteiger partial charge in [-0.15, -0.1) is 0 Å². The molecule has 0 heterocycles. The molecule has 0 bridgehead atoms. The smallest absolute Gasteiger partial charge is 0.309 e. The quantitative estimate of drug-likeness (QED) is 0.803. The van der Waals surface area contributed by atoms with E-state index in [0.29, 0.717) is 23.5 Å². The van der Waals surface area contributed by atoms with Crippen molar-refractivity contribution in [1.29, 1.82) is 0 Å². The van der Waals surface area contributed by atoms with Crippen LogP contribution in [0.25, 0.3) is 0 Å². The molecule has 0 aliphatic rings. The van der Waals surface area contributed by atoms with Crippen LogP contribution in [0.4, 0.5) is 0 Å². The molecule has 6 nitrogen and oxygen atoms in total. The van der Waals surface area contributed by atoms with E-state index in [4.69, 9.17) is 14.6 Å². The summed E-state index contributed by atoms with van der Waals surface area (Å²) in [4.78, 5) is 23.1. The Labute approximate surface area is 124 Å². The Balaban J connectivity index is 2.70. The summed E-state index contributed by atoms with van der Waals surface area (Å²) in [5.41, 5.74) is -0.473. The number of nitrogens with one attached hydrogen (secondary N) is 1. The van der Waals surface area contributed by atoms with E-state index in [9.17, 15) is 9.59 Å². The maximum absolute atomic E-state index is 12.1. The summed E-state index contributed by atoms with van der Waals surface area (Å²) in [5.74, 6) is -0.149. The molecule has 0 aromatic heterocycles. The number of ether oxygens (including phenoxy) is 2. The van der Waals surface area contributed by atoms with Gasteiger partial charge in [-0.3, -0.25) is 9.59 Å². The first-order valence-corrected chi connectivity index (χ1v) is 6.55. The van der Waals surface area contributed by atoms with Gasteiger partial charge in [0.1, 0.15) is 11.5 Å². The molecule has 1 rings (SSSR count). The number of hydrogen-bond donors (Lipinski definition) is 2. The van der Waals surface area contributed by atoms with E-state index < -0.39 is 11.4 Å². The maximum Gasteiger partial charge on any atom is 0.309 e. The zero-order valence-electron chi connectivity index (χ0n) is 12.7. The van der Waals surface area contributed by atoms with E-state index in [1.807, 2.05) is 0 Å². The van der Waals surface area contributed by atoms with Gasteiger partial charge in [0.05, 0.1) is 19.6 Å². The number of aliphatic carboxylic acids is 1. The minimum absolute atomic E-state index is 0.275. The molecule has 0 spiro atoms. The lowest BCUT2D eigenvalue weighted by Gasteiger charge is -2.19. The number of methoxy groups -OCH3 is 2. The van der Waals surface area contributed by atoms with E-state index in [1.54, 1.807) is 32.0 Å². The van der Waals surface area contributed by atoms with Crippen molar-refractivity contribution in [3.63, 3.8) is 0 Å². The number of carboxylic acid groups (broad SMARTS) is 1. The first kappa shape index (κ1) is 16.8. The summed E-state index contributed by atoms with van der Waals surface area (Å²) in [5, 5.41) is 11.7. The Bertz CT molecular complexity index is 503. The van der Waals surface area contributed by atoms with Crippen LogP contribution in [0.3, 0.4) is 0 Å².